The van der Waals surface area contributed by atoms with E-state index in [9.17, 15) is 8.42 Å². The summed E-state index contributed by atoms with van der Waals surface area (Å²) < 4.78 is 34.7. The first-order chi connectivity index (χ1) is 13.4. The third kappa shape index (κ3) is 5.89. The lowest BCUT2D eigenvalue weighted by Crippen LogP contribution is -2.40. The van der Waals surface area contributed by atoms with E-state index in [1.165, 1.54) is 11.1 Å². The summed E-state index contributed by atoms with van der Waals surface area (Å²) in [5, 5.41) is 0. The van der Waals surface area contributed by atoms with Crippen LogP contribution in [0, 0.1) is 13.8 Å². The lowest BCUT2D eigenvalue weighted by molar-refractivity contribution is 0.265. The molecule has 0 aromatic heterocycles. The van der Waals surface area contributed by atoms with Crippen LogP contribution in [0.25, 0.3) is 0 Å². The largest absolute Gasteiger partial charge is 0.494 e. The van der Waals surface area contributed by atoms with Gasteiger partial charge in [0.1, 0.15) is 11.5 Å². The average molecular weight is 404 g/mol. The van der Waals surface area contributed by atoms with Crippen LogP contribution in [-0.2, 0) is 9.84 Å². The van der Waals surface area contributed by atoms with E-state index in [-0.39, 0.29) is 11.5 Å². The van der Waals surface area contributed by atoms with E-state index in [1.807, 2.05) is 30.3 Å². The molecule has 1 heterocycles. The van der Waals surface area contributed by atoms with Gasteiger partial charge in [-0.15, -0.1) is 0 Å². The molecular formula is C22H29NO4S. The number of hydrogen-bond donors (Lipinski definition) is 0. The topological polar surface area (TPSA) is 55.8 Å². The Morgan fingerprint density at radius 2 is 1.54 bits per heavy atom. The summed E-state index contributed by atoms with van der Waals surface area (Å²) in [7, 11) is -2.85. The quantitative estimate of drug-likeness (QED) is 0.628. The molecule has 2 aromatic rings. The smallest absolute Gasteiger partial charge is 0.153 e. The number of ether oxygens (including phenoxy) is 2. The molecule has 152 valence electrons. The van der Waals surface area contributed by atoms with Crippen molar-refractivity contribution in [2.24, 2.45) is 0 Å². The molecule has 1 fully saturated rings. The average Bonchev–Trinajstić information content (AvgIpc) is 2.66. The van der Waals surface area contributed by atoms with Crippen molar-refractivity contribution in [1.29, 1.82) is 0 Å². The van der Waals surface area contributed by atoms with Gasteiger partial charge in [-0.3, -0.25) is 0 Å². The van der Waals surface area contributed by atoms with Gasteiger partial charge in [-0.1, -0.05) is 17.7 Å². The van der Waals surface area contributed by atoms with Crippen LogP contribution < -0.4 is 14.4 Å². The molecule has 0 saturated carbocycles. The predicted octanol–water partition coefficient (Wildman–Crippen LogP) is 3.78. The van der Waals surface area contributed by atoms with Crippen LogP contribution in [0.5, 0.6) is 11.5 Å². The highest BCUT2D eigenvalue weighted by Gasteiger charge is 2.21. The van der Waals surface area contributed by atoms with Gasteiger partial charge >= 0.3 is 0 Å². The van der Waals surface area contributed by atoms with Crippen LogP contribution in [-0.4, -0.2) is 46.2 Å². The van der Waals surface area contributed by atoms with Crippen LogP contribution in [0.4, 0.5) is 5.69 Å². The minimum atomic E-state index is -2.85. The molecule has 0 unspecified atom stereocenters. The summed E-state index contributed by atoms with van der Waals surface area (Å²) in [6.45, 7) is 6.60. The predicted molar refractivity (Wildman–Crippen MR) is 113 cm³/mol. The molecule has 2 aromatic carbocycles. The maximum absolute atomic E-state index is 11.5. The zero-order chi connectivity index (χ0) is 20.0. The number of aryl methyl sites for hydroxylation is 2. The summed E-state index contributed by atoms with van der Waals surface area (Å²) in [6.07, 6.45) is 1.87. The van der Waals surface area contributed by atoms with Gasteiger partial charge in [0.15, 0.2) is 9.84 Å². The van der Waals surface area contributed by atoms with Gasteiger partial charge in [0.05, 0.1) is 24.7 Å². The molecule has 1 aliphatic rings. The van der Waals surface area contributed by atoms with Crippen LogP contribution in [0.15, 0.2) is 42.5 Å². The van der Waals surface area contributed by atoms with Crippen molar-refractivity contribution in [2.75, 3.05) is 42.7 Å². The highest BCUT2D eigenvalue weighted by Crippen LogP contribution is 2.22. The fourth-order valence-corrected chi connectivity index (χ4v) is 4.46. The summed E-state index contributed by atoms with van der Waals surface area (Å²) >= 11 is 0. The Labute approximate surface area is 168 Å². The zero-order valence-corrected chi connectivity index (χ0v) is 17.5. The molecular weight excluding hydrogens is 374 g/mol. The molecule has 0 N–H and O–H groups in total. The van der Waals surface area contributed by atoms with Gasteiger partial charge in [-0.25, -0.2) is 8.42 Å². The second-order valence-corrected chi connectivity index (χ2v) is 9.61. The van der Waals surface area contributed by atoms with Crippen LogP contribution in [0.1, 0.15) is 24.0 Å². The molecule has 0 aliphatic carbocycles. The van der Waals surface area contributed by atoms with Crippen molar-refractivity contribution in [3.8, 4) is 11.5 Å². The minimum Gasteiger partial charge on any atom is -0.494 e. The molecule has 3 rings (SSSR count). The van der Waals surface area contributed by atoms with Crippen molar-refractivity contribution in [2.45, 2.75) is 26.7 Å². The first-order valence-corrected chi connectivity index (χ1v) is 11.6. The molecule has 0 amide bonds. The molecule has 5 nitrogen and oxygen atoms in total. The summed E-state index contributed by atoms with van der Waals surface area (Å²) in [6, 6.07) is 14.1. The standard InChI is InChI=1S/C22H29NO4S/c1-18-5-10-22(19(2)17-18)27-14-4-3-13-26-21-8-6-20(7-9-21)23-11-15-28(24,25)16-12-23/h5-10,17H,3-4,11-16H2,1-2H3. The maximum Gasteiger partial charge on any atom is 0.153 e. The highest BCUT2D eigenvalue weighted by molar-refractivity contribution is 7.91. The van der Waals surface area contributed by atoms with Gasteiger partial charge in [-0.05, 0) is 62.6 Å². The minimum absolute atomic E-state index is 0.232. The first kappa shape index (κ1) is 20.5. The van der Waals surface area contributed by atoms with Gasteiger partial charge in [0.25, 0.3) is 0 Å². The number of benzene rings is 2. The van der Waals surface area contributed by atoms with E-state index in [1.54, 1.807) is 0 Å². The van der Waals surface area contributed by atoms with Crippen molar-refractivity contribution in [1.82, 2.24) is 0 Å². The SMILES string of the molecule is Cc1ccc(OCCCCOc2ccc(N3CCS(=O)(=O)CC3)cc2)c(C)c1. The molecule has 0 spiro atoms. The second kappa shape index (κ2) is 9.32. The Morgan fingerprint density at radius 1 is 0.893 bits per heavy atom. The Morgan fingerprint density at radius 3 is 2.18 bits per heavy atom. The second-order valence-electron chi connectivity index (χ2n) is 7.31. The van der Waals surface area contributed by atoms with Crippen LogP contribution >= 0.6 is 0 Å². The fraction of sp³-hybridized carbons (Fsp3) is 0.455. The van der Waals surface area contributed by atoms with E-state index < -0.39 is 9.84 Å². The number of nitrogens with zero attached hydrogens (tertiary/aromatic N) is 1. The molecule has 0 atom stereocenters. The molecule has 28 heavy (non-hydrogen) atoms. The maximum atomic E-state index is 11.5. The number of anilines is 1. The molecule has 1 aliphatic heterocycles. The monoisotopic (exact) mass is 403 g/mol. The normalized spacial score (nSPS) is 16.0. The van der Waals surface area contributed by atoms with E-state index in [2.05, 4.69) is 30.9 Å². The summed E-state index contributed by atoms with van der Waals surface area (Å²) in [5.74, 6) is 2.25. The Hall–Kier alpha value is -2.21. The van der Waals surface area contributed by atoms with Crippen LogP contribution in [0.3, 0.4) is 0 Å². The third-order valence-corrected chi connectivity index (χ3v) is 6.55. The van der Waals surface area contributed by atoms with E-state index in [0.29, 0.717) is 26.3 Å². The zero-order valence-electron chi connectivity index (χ0n) is 16.7. The Kier molecular flexibility index (Phi) is 6.83. The number of unbranched alkanes of at least 4 members (excludes halogenated alkanes) is 1. The fourth-order valence-electron chi connectivity index (χ4n) is 3.26. The number of sulfone groups is 1. The van der Waals surface area contributed by atoms with Gasteiger partial charge < -0.3 is 14.4 Å². The van der Waals surface area contributed by atoms with Crippen molar-refractivity contribution < 1.29 is 17.9 Å². The first-order valence-electron chi connectivity index (χ1n) is 9.81. The molecule has 0 radical (unpaired) electrons. The van der Waals surface area contributed by atoms with Crippen LogP contribution in [0.2, 0.25) is 0 Å². The Balaban J connectivity index is 1.35. The van der Waals surface area contributed by atoms with Gasteiger partial charge in [0.2, 0.25) is 0 Å². The van der Waals surface area contributed by atoms with Crippen molar-refractivity contribution >= 4 is 15.5 Å². The lowest BCUT2D eigenvalue weighted by atomic mass is 10.1. The number of rotatable bonds is 8. The number of hydrogen-bond acceptors (Lipinski definition) is 5. The molecule has 6 heteroatoms. The van der Waals surface area contributed by atoms with Gasteiger partial charge in [0, 0.05) is 18.8 Å². The van der Waals surface area contributed by atoms with E-state index in [0.717, 1.165) is 30.0 Å². The summed E-state index contributed by atoms with van der Waals surface area (Å²) in [4.78, 5) is 2.11. The van der Waals surface area contributed by atoms with E-state index in [4.69, 9.17) is 9.47 Å². The summed E-state index contributed by atoms with van der Waals surface area (Å²) in [5.41, 5.74) is 3.46. The lowest BCUT2D eigenvalue weighted by Gasteiger charge is -2.28. The van der Waals surface area contributed by atoms with Crippen molar-refractivity contribution in [3.05, 3.63) is 53.6 Å². The van der Waals surface area contributed by atoms with Crippen molar-refractivity contribution in [3.63, 3.8) is 0 Å². The molecule has 1 saturated heterocycles. The third-order valence-electron chi connectivity index (χ3n) is 4.94. The Bertz CT molecular complexity index is 864. The van der Waals surface area contributed by atoms with Gasteiger partial charge in [-0.2, -0.15) is 0 Å². The molecule has 0 bridgehead atoms. The van der Waals surface area contributed by atoms with E-state index >= 15 is 0 Å². The highest BCUT2D eigenvalue weighted by atomic mass is 32.2.